The van der Waals surface area contributed by atoms with Crippen LogP contribution in [0.5, 0.6) is 0 Å². The first-order valence-corrected chi connectivity index (χ1v) is 4.31. The molecule has 1 heterocycles. The van der Waals surface area contributed by atoms with Crippen molar-refractivity contribution in [2.45, 2.75) is 12.5 Å². The molecule has 0 radical (unpaired) electrons. The quantitative estimate of drug-likeness (QED) is 0.504. The molecule has 2 nitrogen and oxygen atoms in total. The van der Waals surface area contributed by atoms with E-state index in [2.05, 4.69) is 6.58 Å². The van der Waals surface area contributed by atoms with Crippen LogP contribution in [0.3, 0.4) is 0 Å². The van der Waals surface area contributed by atoms with Gasteiger partial charge in [-0.05, 0) is 17.7 Å². The number of cyclic esters (lactones) is 1. The van der Waals surface area contributed by atoms with E-state index in [0.717, 1.165) is 0 Å². The lowest BCUT2D eigenvalue weighted by Crippen LogP contribution is -1.98. The molecule has 3 heteroatoms. The number of hydrogen-bond donors (Lipinski definition) is 0. The Balaban J connectivity index is 2.25. The van der Waals surface area contributed by atoms with Crippen molar-refractivity contribution in [2.24, 2.45) is 0 Å². The van der Waals surface area contributed by atoms with Gasteiger partial charge < -0.3 is 4.74 Å². The van der Waals surface area contributed by atoms with Gasteiger partial charge in [-0.2, -0.15) is 0 Å². The Kier molecular flexibility index (Phi) is 2.08. The average Bonchev–Trinajstić information content (AvgIpc) is 2.47. The zero-order valence-electron chi connectivity index (χ0n) is 7.50. The highest BCUT2D eigenvalue weighted by Gasteiger charge is 2.28. The van der Waals surface area contributed by atoms with Crippen molar-refractivity contribution in [3.05, 3.63) is 47.8 Å². The Morgan fingerprint density at radius 2 is 2.29 bits per heavy atom. The molecule has 1 saturated heterocycles. The van der Waals surface area contributed by atoms with Gasteiger partial charge in [0, 0.05) is 12.0 Å². The van der Waals surface area contributed by atoms with Crippen LogP contribution in [0.15, 0.2) is 36.4 Å². The van der Waals surface area contributed by atoms with E-state index in [9.17, 15) is 9.18 Å². The third kappa shape index (κ3) is 1.53. The Morgan fingerprint density at radius 3 is 2.86 bits per heavy atom. The van der Waals surface area contributed by atoms with Crippen LogP contribution < -0.4 is 0 Å². The van der Waals surface area contributed by atoms with E-state index in [4.69, 9.17) is 4.74 Å². The Hall–Kier alpha value is -1.64. The third-order valence-corrected chi connectivity index (χ3v) is 2.19. The SMILES string of the molecule is C=C1CC(c2cccc(F)c2)OC1=O. The molecule has 0 aromatic heterocycles. The summed E-state index contributed by atoms with van der Waals surface area (Å²) in [4.78, 5) is 11.0. The molecule has 14 heavy (non-hydrogen) atoms. The Labute approximate surface area is 81.0 Å². The fourth-order valence-electron chi connectivity index (χ4n) is 1.45. The lowest BCUT2D eigenvalue weighted by atomic mass is 10.1. The molecule has 1 unspecified atom stereocenters. The van der Waals surface area contributed by atoms with Gasteiger partial charge in [-0.1, -0.05) is 18.7 Å². The van der Waals surface area contributed by atoms with Gasteiger partial charge in [0.2, 0.25) is 0 Å². The maximum absolute atomic E-state index is 12.9. The predicted molar refractivity (Wildman–Crippen MR) is 49.0 cm³/mol. The lowest BCUT2D eigenvalue weighted by Gasteiger charge is -2.08. The second-order valence-corrected chi connectivity index (χ2v) is 3.26. The van der Waals surface area contributed by atoms with E-state index in [-0.39, 0.29) is 17.9 Å². The molecule has 0 spiro atoms. The van der Waals surface area contributed by atoms with Gasteiger partial charge in [0.25, 0.3) is 0 Å². The first kappa shape index (κ1) is 8.94. The molecule has 1 atom stereocenters. The molecule has 0 bridgehead atoms. The summed E-state index contributed by atoms with van der Waals surface area (Å²) in [5, 5.41) is 0. The van der Waals surface area contributed by atoms with Crippen LogP contribution in [0.25, 0.3) is 0 Å². The Morgan fingerprint density at radius 1 is 1.50 bits per heavy atom. The fourth-order valence-corrected chi connectivity index (χ4v) is 1.45. The number of ether oxygens (including phenoxy) is 1. The summed E-state index contributed by atoms with van der Waals surface area (Å²) in [5.41, 5.74) is 1.12. The number of benzene rings is 1. The molecule has 0 aliphatic carbocycles. The van der Waals surface area contributed by atoms with E-state index >= 15 is 0 Å². The van der Waals surface area contributed by atoms with Crippen molar-refractivity contribution < 1.29 is 13.9 Å². The minimum absolute atomic E-state index is 0.323. The van der Waals surface area contributed by atoms with Crippen LogP contribution in [0.4, 0.5) is 4.39 Å². The second-order valence-electron chi connectivity index (χ2n) is 3.26. The van der Waals surface area contributed by atoms with Gasteiger partial charge in [0.15, 0.2) is 0 Å². The van der Waals surface area contributed by atoms with Crippen LogP contribution in [0.1, 0.15) is 18.1 Å². The molecular weight excluding hydrogens is 183 g/mol. The maximum atomic E-state index is 12.9. The minimum atomic E-state index is -0.390. The molecule has 1 aliphatic rings. The summed E-state index contributed by atoms with van der Waals surface area (Å²) in [6, 6.07) is 6.06. The van der Waals surface area contributed by atoms with Gasteiger partial charge in [-0.15, -0.1) is 0 Å². The van der Waals surface area contributed by atoms with Gasteiger partial charge in [0.1, 0.15) is 11.9 Å². The number of halogens is 1. The van der Waals surface area contributed by atoms with E-state index in [1.54, 1.807) is 12.1 Å². The summed E-state index contributed by atoms with van der Waals surface area (Å²) in [6.07, 6.45) is 0.0770. The van der Waals surface area contributed by atoms with E-state index in [1.807, 2.05) is 0 Å². The molecule has 0 N–H and O–H groups in total. The highest BCUT2D eigenvalue weighted by Crippen LogP contribution is 2.32. The molecule has 1 aliphatic heterocycles. The maximum Gasteiger partial charge on any atom is 0.334 e. The smallest absolute Gasteiger partial charge is 0.334 e. The summed E-state index contributed by atoms with van der Waals surface area (Å²) in [7, 11) is 0. The zero-order chi connectivity index (χ0) is 10.1. The number of rotatable bonds is 1. The van der Waals surface area contributed by atoms with Gasteiger partial charge >= 0.3 is 5.97 Å². The summed E-state index contributed by atoms with van der Waals surface area (Å²) < 4.78 is 17.9. The van der Waals surface area contributed by atoms with Gasteiger partial charge in [0.05, 0.1) is 0 Å². The topological polar surface area (TPSA) is 26.3 Å². The average molecular weight is 192 g/mol. The number of esters is 1. The largest absolute Gasteiger partial charge is 0.454 e. The van der Waals surface area contributed by atoms with Crippen molar-refractivity contribution in [3.63, 3.8) is 0 Å². The van der Waals surface area contributed by atoms with Crippen LogP contribution in [-0.2, 0) is 9.53 Å². The van der Waals surface area contributed by atoms with E-state index in [1.165, 1.54) is 12.1 Å². The van der Waals surface area contributed by atoms with Crippen LogP contribution >= 0.6 is 0 Å². The first-order valence-electron chi connectivity index (χ1n) is 4.31. The van der Waals surface area contributed by atoms with Crippen molar-refractivity contribution in [3.8, 4) is 0 Å². The molecule has 1 aromatic rings. The van der Waals surface area contributed by atoms with Crippen molar-refractivity contribution in [2.75, 3.05) is 0 Å². The Bertz CT molecular complexity index is 382. The van der Waals surface area contributed by atoms with Crippen LogP contribution in [-0.4, -0.2) is 5.97 Å². The van der Waals surface area contributed by atoms with Gasteiger partial charge in [-0.25, -0.2) is 9.18 Å². The fraction of sp³-hybridized carbons (Fsp3) is 0.182. The summed E-state index contributed by atoms with van der Waals surface area (Å²) in [5.74, 6) is -0.713. The standard InChI is InChI=1S/C11H9FO2/c1-7-5-10(14-11(7)13)8-3-2-4-9(12)6-8/h2-4,6,10H,1,5H2. The summed E-state index contributed by atoms with van der Waals surface area (Å²) >= 11 is 0. The highest BCUT2D eigenvalue weighted by molar-refractivity contribution is 5.90. The van der Waals surface area contributed by atoms with Crippen molar-refractivity contribution in [1.29, 1.82) is 0 Å². The molecule has 1 fully saturated rings. The van der Waals surface area contributed by atoms with Crippen molar-refractivity contribution >= 4 is 5.97 Å². The molecular formula is C11H9FO2. The molecule has 72 valence electrons. The monoisotopic (exact) mass is 192 g/mol. The van der Waals surface area contributed by atoms with Crippen LogP contribution in [0, 0.1) is 5.82 Å². The normalized spacial score (nSPS) is 21.1. The number of carbonyl (C=O) groups excluding carboxylic acids is 1. The minimum Gasteiger partial charge on any atom is -0.454 e. The second kappa shape index (κ2) is 3.25. The number of hydrogen-bond acceptors (Lipinski definition) is 2. The molecule has 0 amide bonds. The van der Waals surface area contributed by atoms with E-state index < -0.39 is 0 Å². The first-order chi connectivity index (χ1) is 6.66. The van der Waals surface area contributed by atoms with E-state index in [0.29, 0.717) is 17.6 Å². The van der Waals surface area contributed by atoms with Crippen molar-refractivity contribution in [1.82, 2.24) is 0 Å². The molecule has 2 rings (SSSR count). The predicted octanol–water partition coefficient (Wildman–Crippen LogP) is 2.37. The molecule has 0 saturated carbocycles. The molecule has 1 aromatic carbocycles. The third-order valence-electron chi connectivity index (χ3n) is 2.19. The lowest BCUT2D eigenvalue weighted by molar-refractivity contribution is -0.139. The zero-order valence-corrected chi connectivity index (χ0v) is 7.50. The summed E-state index contributed by atoms with van der Waals surface area (Å²) in [6.45, 7) is 3.57. The van der Waals surface area contributed by atoms with Crippen LogP contribution in [0.2, 0.25) is 0 Å². The highest BCUT2D eigenvalue weighted by atomic mass is 19.1. The van der Waals surface area contributed by atoms with Gasteiger partial charge in [-0.3, -0.25) is 0 Å². The number of carbonyl (C=O) groups is 1.